The number of benzene rings is 2. The highest BCUT2D eigenvalue weighted by atomic mass is 16.3. The van der Waals surface area contributed by atoms with Gasteiger partial charge >= 0.3 is 0 Å². The molecule has 0 radical (unpaired) electrons. The maximum absolute atomic E-state index is 12.6. The summed E-state index contributed by atoms with van der Waals surface area (Å²) in [7, 11) is 0. The van der Waals surface area contributed by atoms with Gasteiger partial charge in [0.25, 0.3) is 0 Å². The summed E-state index contributed by atoms with van der Waals surface area (Å²) < 4.78 is 2.09. The molecule has 0 fully saturated rings. The lowest BCUT2D eigenvalue weighted by Gasteiger charge is -2.14. The third-order valence-corrected chi connectivity index (χ3v) is 7.01. The first-order chi connectivity index (χ1) is 19.7. The van der Waals surface area contributed by atoms with Crippen LogP contribution in [0.1, 0.15) is 48.8 Å². The lowest BCUT2D eigenvalue weighted by atomic mass is 9.97. The molecule has 40 heavy (non-hydrogen) atoms. The molecular formula is C30H28N8O2. The van der Waals surface area contributed by atoms with Gasteiger partial charge in [0.05, 0.1) is 18.8 Å². The molecule has 0 saturated carbocycles. The van der Waals surface area contributed by atoms with Crippen LogP contribution in [0, 0.1) is 0 Å². The third-order valence-electron chi connectivity index (χ3n) is 7.01. The number of aliphatic hydroxyl groups excluding tert-OH is 1. The molecule has 0 saturated heterocycles. The number of nitrogens with zero attached hydrogens (tertiary/aromatic N) is 7. The van der Waals surface area contributed by atoms with E-state index in [1.807, 2.05) is 24.3 Å². The first-order valence-corrected chi connectivity index (χ1v) is 13.3. The van der Waals surface area contributed by atoms with Crippen molar-refractivity contribution < 1.29 is 9.90 Å². The van der Waals surface area contributed by atoms with Gasteiger partial charge in [0.15, 0.2) is 11.4 Å². The number of tetrazole rings is 1. The molecule has 0 bridgehead atoms. The van der Waals surface area contributed by atoms with Crippen LogP contribution < -0.4 is 0 Å². The monoisotopic (exact) mass is 532 g/mol. The second-order valence-corrected chi connectivity index (χ2v) is 9.67. The number of hydrogen-bond donors (Lipinski definition) is 2. The van der Waals surface area contributed by atoms with Crippen molar-refractivity contribution in [2.75, 3.05) is 0 Å². The minimum absolute atomic E-state index is 0.100. The molecular weight excluding hydrogens is 504 g/mol. The Balaban J connectivity index is 1.46. The Morgan fingerprint density at radius 1 is 1.02 bits per heavy atom. The van der Waals surface area contributed by atoms with E-state index in [2.05, 4.69) is 67.4 Å². The van der Waals surface area contributed by atoms with E-state index in [9.17, 15) is 9.90 Å². The highest BCUT2D eigenvalue weighted by Crippen LogP contribution is 2.32. The number of aliphatic imine (C=N–C) groups is 1. The molecule has 5 aromatic rings. The molecule has 1 aliphatic heterocycles. The molecule has 4 heterocycles. The first kappa shape index (κ1) is 25.4. The summed E-state index contributed by atoms with van der Waals surface area (Å²) in [5.74, 6) is 1.31. The van der Waals surface area contributed by atoms with E-state index >= 15 is 0 Å². The Morgan fingerprint density at radius 3 is 2.65 bits per heavy atom. The van der Waals surface area contributed by atoms with E-state index in [0.29, 0.717) is 40.5 Å². The van der Waals surface area contributed by atoms with Crippen molar-refractivity contribution in [3.05, 3.63) is 89.5 Å². The standard InChI is InChI=1S/C30H28N8O2/c1-2-3-11-27-32-24-16-23(28-26(40)10-7-14-31-28)25(18-39)33-30(24)38(27)17-19-12-13-21(20-8-5-4-6-9-20)22(15-19)29-34-36-37-35-29/h4-9,12-16,39H,2-3,10-11,17-18H2,1H3,(H,34,35,36,37). The van der Waals surface area contributed by atoms with Gasteiger partial charge in [-0.3, -0.25) is 9.79 Å². The first-order valence-electron chi connectivity index (χ1n) is 13.3. The Kier molecular flexibility index (Phi) is 7.07. The largest absolute Gasteiger partial charge is 0.390 e. The zero-order chi connectivity index (χ0) is 27.5. The van der Waals surface area contributed by atoms with Gasteiger partial charge in [-0.25, -0.2) is 9.97 Å². The third kappa shape index (κ3) is 4.85. The number of aryl methyl sites for hydroxylation is 1. The Hall–Kier alpha value is -4.83. The number of aromatic nitrogens is 7. The number of aromatic amines is 1. The number of aliphatic hydroxyl groups is 1. The highest BCUT2D eigenvalue weighted by molar-refractivity contribution is 6.47. The number of carbonyl (C=O) groups excluding carboxylic acids is 1. The van der Waals surface area contributed by atoms with Crippen molar-refractivity contribution in [2.24, 2.45) is 4.99 Å². The molecule has 10 heteroatoms. The quantitative estimate of drug-likeness (QED) is 0.287. The van der Waals surface area contributed by atoms with Crippen LogP contribution in [-0.4, -0.2) is 51.8 Å². The molecule has 0 spiro atoms. The normalized spacial score (nSPS) is 13.2. The molecule has 0 amide bonds. The number of allylic oxidation sites excluding steroid dienone is 1. The van der Waals surface area contributed by atoms with Gasteiger partial charge in [-0.2, -0.15) is 5.21 Å². The average molecular weight is 533 g/mol. The molecule has 2 aromatic carbocycles. The number of pyridine rings is 1. The van der Waals surface area contributed by atoms with Crippen molar-refractivity contribution in [2.45, 2.75) is 45.8 Å². The van der Waals surface area contributed by atoms with Gasteiger partial charge in [0, 0.05) is 30.2 Å². The maximum atomic E-state index is 12.6. The van der Waals surface area contributed by atoms with Crippen molar-refractivity contribution >= 4 is 22.7 Å². The predicted octanol–water partition coefficient (Wildman–Crippen LogP) is 4.44. The molecule has 2 N–H and O–H groups in total. The predicted molar refractivity (Wildman–Crippen MR) is 152 cm³/mol. The van der Waals surface area contributed by atoms with Crippen LogP contribution in [-0.2, 0) is 24.4 Å². The number of hydrogen-bond acceptors (Lipinski definition) is 8. The molecule has 10 nitrogen and oxygen atoms in total. The molecule has 3 aromatic heterocycles. The van der Waals surface area contributed by atoms with Crippen LogP contribution in [0.2, 0.25) is 0 Å². The van der Waals surface area contributed by atoms with Crippen molar-refractivity contribution in [1.82, 2.24) is 35.2 Å². The Labute approximate surface area is 230 Å². The SMILES string of the molecule is CCCCc1nc2cc(C3=NC=CCC3=O)c(CO)nc2n1Cc1ccc(-c2ccccc2)c(-c2nn[nH]n2)c1. The summed E-state index contributed by atoms with van der Waals surface area (Å²) >= 11 is 0. The summed E-state index contributed by atoms with van der Waals surface area (Å²) in [5.41, 5.74) is 6.52. The average Bonchev–Trinajstić information content (AvgIpc) is 3.64. The van der Waals surface area contributed by atoms with Crippen LogP contribution in [0.25, 0.3) is 33.7 Å². The molecule has 0 unspecified atom stereocenters. The summed E-state index contributed by atoms with van der Waals surface area (Å²) in [6.07, 6.45) is 6.39. The van der Waals surface area contributed by atoms with E-state index in [1.54, 1.807) is 12.3 Å². The second kappa shape index (κ2) is 11.1. The minimum Gasteiger partial charge on any atom is -0.390 e. The molecule has 1 aliphatic rings. The number of carbonyl (C=O) groups is 1. The number of rotatable bonds is 9. The Bertz CT molecular complexity index is 1740. The number of nitrogens with one attached hydrogen (secondary N) is 1. The van der Waals surface area contributed by atoms with Crippen LogP contribution in [0.5, 0.6) is 0 Å². The number of unbranched alkanes of at least 4 members (excludes halogenated alkanes) is 1. The van der Waals surface area contributed by atoms with E-state index in [0.717, 1.165) is 47.3 Å². The molecule has 0 aliphatic carbocycles. The van der Waals surface area contributed by atoms with E-state index in [4.69, 9.17) is 9.97 Å². The lowest BCUT2D eigenvalue weighted by Crippen LogP contribution is -2.19. The van der Waals surface area contributed by atoms with Crippen LogP contribution >= 0.6 is 0 Å². The number of fused-ring (bicyclic) bond motifs is 1. The number of imidazole rings is 1. The fraction of sp³-hybridized carbons (Fsp3) is 0.233. The van der Waals surface area contributed by atoms with Crippen molar-refractivity contribution in [3.8, 4) is 22.5 Å². The van der Waals surface area contributed by atoms with Gasteiger partial charge in [0.2, 0.25) is 5.82 Å². The fourth-order valence-electron chi connectivity index (χ4n) is 5.03. The van der Waals surface area contributed by atoms with Gasteiger partial charge in [0.1, 0.15) is 17.1 Å². The smallest absolute Gasteiger partial charge is 0.205 e. The van der Waals surface area contributed by atoms with Crippen LogP contribution in [0.3, 0.4) is 0 Å². The number of H-pyrrole nitrogens is 1. The summed E-state index contributed by atoms with van der Waals surface area (Å²) in [6.45, 7) is 2.34. The summed E-state index contributed by atoms with van der Waals surface area (Å²) in [6, 6.07) is 18.2. The minimum atomic E-state index is -0.315. The van der Waals surface area contributed by atoms with E-state index in [1.165, 1.54) is 0 Å². The summed E-state index contributed by atoms with van der Waals surface area (Å²) in [4.78, 5) is 26.6. The molecule has 6 rings (SSSR count). The lowest BCUT2D eigenvalue weighted by molar-refractivity contribution is -0.112. The second-order valence-electron chi connectivity index (χ2n) is 9.67. The molecule has 200 valence electrons. The van der Waals surface area contributed by atoms with Gasteiger partial charge < -0.3 is 9.67 Å². The maximum Gasteiger partial charge on any atom is 0.205 e. The van der Waals surface area contributed by atoms with Gasteiger partial charge in [-0.05, 0) is 40.5 Å². The van der Waals surface area contributed by atoms with Gasteiger partial charge in [-0.1, -0.05) is 61.9 Å². The number of Topliss-reactive ketones (excluding diaryl/α,β-unsaturated/α-hetero) is 1. The van der Waals surface area contributed by atoms with E-state index in [-0.39, 0.29) is 18.8 Å². The van der Waals surface area contributed by atoms with Crippen molar-refractivity contribution in [3.63, 3.8) is 0 Å². The highest BCUT2D eigenvalue weighted by Gasteiger charge is 2.23. The van der Waals surface area contributed by atoms with Crippen molar-refractivity contribution in [1.29, 1.82) is 0 Å². The van der Waals surface area contributed by atoms with Crippen LogP contribution in [0.4, 0.5) is 0 Å². The zero-order valence-corrected chi connectivity index (χ0v) is 22.1. The van der Waals surface area contributed by atoms with E-state index < -0.39 is 0 Å². The zero-order valence-electron chi connectivity index (χ0n) is 22.1. The topological polar surface area (TPSA) is 135 Å². The fourth-order valence-corrected chi connectivity index (χ4v) is 5.03. The van der Waals surface area contributed by atoms with Gasteiger partial charge in [-0.15, -0.1) is 10.2 Å². The Morgan fingerprint density at radius 2 is 1.90 bits per heavy atom. The molecule has 0 atom stereocenters. The number of ketones is 1. The summed E-state index contributed by atoms with van der Waals surface area (Å²) in [5, 5.41) is 25.0. The van der Waals surface area contributed by atoms with Crippen LogP contribution in [0.15, 0.2) is 71.9 Å².